The zero-order valence-corrected chi connectivity index (χ0v) is 10.6. The number of thiophene rings is 1. The summed E-state index contributed by atoms with van der Waals surface area (Å²) in [4.78, 5) is 12.8. The Hall–Kier alpha value is -1.52. The molecular weight excluding hydrogens is 258 g/mol. The molecule has 2 aromatic rings. The van der Waals surface area contributed by atoms with Crippen LogP contribution in [0, 0.1) is 0 Å². The molecule has 0 saturated heterocycles. The predicted octanol–water partition coefficient (Wildman–Crippen LogP) is 3.22. The quantitative estimate of drug-likeness (QED) is 0.686. The lowest BCUT2D eigenvalue weighted by atomic mass is 10.1. The summed E-state index contributed by atoms with van der Waals surface area (Å²) in [5.74, 6) is 0.249. The van der Waals surface area contributed by atoms with E-state index in [2.05, 4.69) is 0 Å². The maximum absolute atomic E-state index is 12.3. The van der Waals surface area contributed by atoms with Crippen LogP contribution >= 0.6 is 22.9 Å². The van der Waals surface area contributed by atoms with Crippen molar-refractivity contribution in [2.75, 3.05) is 12.8 Å². The second-order valence-electron chi connectivity index (χ2n) is 3.35. The highest BCUT2D eigenvalue weighted by atomic mass is 35.5. The molecule has 0 fully saturated rings. The molecule has 3 nitrogen and oxygen atoms in total. The summed E-state index contributed by atoms with van der Waals surface area (Å²) in [6, 6.07) is 6.79. The lowest BCUT2D eigenvalue weighted by molar-refractivity contribution is 0.104. The van der Waals surface area contributed by atoms with Gasteiger partial charge in [-0.3, -0.25) is 4.79 Å². The number of carbonyl (C=O) groups excluding carboxylic acids is 1. The number of carbonyl (C=O) groups is 1. The van der Waals surface area contributed by atoms with Gasteiger partial charge in [0.2, 0.25) is 5.78 Å². The van der Waals surface area contributed by atoms with Crippen molar-refractivity contribution in [1.29, 1.82) is 0 Å². The van der Waals surface area contributed by atoms with Crippen LogP contribution in [0.4, 0.5) is 5.69 Å². The highest BCUT2D eigenvalue weighted by Crippen LogP contribution is 2.31. The van der Waals surface area contributed by atoms with E-state index in [0.717, 1.165) is 0 Å². The average molecular weight is 268 g/mol. The summed E-state index contributed by atoms with van der Waals surface area (Å²) < 4.78 is 5.15. The summed E-state index contributed by atoms with van der Waals surface area (Å²) in [6.07, 6.45) is 0. The van der Waals surface area contributed by atoms with Crippen molar-refractivity contribution < 1.29 is 9.53 Å². The third-order valence-electron chi connectivity index (χ3n) is 2.33. The van der Waals surface area contributed by atoms with Crippen molar-refractivity contribution in [3.63, 3.8) is 0 Å². The molecular formula is C12H10ClNO2S. The monoisotopic (exact) mass is 267 g/mol. The van der Waals surface area contributed by atoms with Gasteiger partial charge in [-0.2, -0.15) is 0 Å². The Bertz CT molecular complexity index is 565. The Kier molecular flexibility index (Phi) is 3.36. The smallest absolute Gasteiger partial charge is 0.210 e. The Balaban J connectivity index is 2.55. The normalized spacial score (nSPS) is 10.2. The molecule has 0 aliphatic carbocycles. The average Bonchev–Trinajstić information content (AvgIpc) is 2.74. The molecule has 17 heavy (non-hydrogen) atoms. The molecule has 1 heterocycles. The van der Waals surface area contributed by atoms with E-state index in [1.165, 1.54) is 18.4 Å². The van der Waals surface area contributed by atoms with Gasteiger partial charge in [-0.05, 0) is 23.6 Å². The van der Waals surface area contributed by atoms with Gasteiger partial charge in [-0.1, -0.05) is 17.7 Å². The van der Waals surface area contributed by atoms with Gasteiger partial charge in [0.15, 0.2) is 0 Å². The summed E-state index contributed by atoms with van der Waals surface area (Å²) in [6.45, 7) is 0. The Morgan fingerprint density at radius 1 is 1.41 bits per heavy atom. The van der Waals surface area contributed by atoms with Gasteiger partial charge >= 0.3 is 0 Å². The van der Waals surface area contributed by atoms with Gasteiger partial charge in [0.05, 0.1) is 22.6 Å². The predicted molar refractivity (Wildman–Crippen MR) is 70.2 cm³/mol. The van der Waals surface area contributed by atoms with Crippen LogP contribution in [0.25, 0.3) is 0 Å². The van der Waals surface area contributed by atoms with E-state index in [9.17, 15) is 4.79 Å². The topological polar surface area (TPSA) is 52.3 Å². The van der Waals surface area contributed by atoms with Gasteiger partial charge in [0.1, 0.15) is 5.75 Å². The number of ketones is 1. The number of methoxy groups -OCH3 is 1. The van der Waals surface area contributed by atoms with Gasteiger partial charge in [0.25, 0.3) is 0 Å². The van der Waals surface area contributed by atoms with Crippen molar-refractivity contribution in [3.8, 4) is 5.75 Å². The fourth-order valence-electron chi connectivity index (χ4n) is 1.53. The fraction of sp³-hybridized carbons (Fsp3) is 0.0833. The molecule has 88 valence electrons. The van der Waals surface area contributed by atoms with Crippen LogP contribution < -0.4 is 10.5 Å². The van der Waals surface area contributed by atoms with E-state index in [0.29, 0.717) is 26.9 Å². The second kappa shape index (κ2) is 4.77. The standard InChI is InChI=1S/C12H10ClNO2S/c1-16-9-4-2-3-8(14)10(9)11(15)12-7(13)5-6-17-12/h2-6H,14H2,1H3. The first-order valence-electron chi connectivity index (χ1n) is 4.85. The molecule has 0 aliphatic rings. The fourth-order valence-corrected chi connectivity index (χ4v) is 2.62. The number of rotatable bonds is 3. The number of ether oxygens (including phenoxy) is 1. The van der Waals surface area contributed by atoms with Gasteiger partial charge in [-0.25, -0.2) is 0 Å². The Labute approximate surface area is 108 Å². The molecule has 1 aromatic heterocycles. The van der Waals surface area contributed by atoms with E-state index in [4.69, 9.17) is 22.1 Å². The maximum Gasteiger partial charge on any atom is 0.210 e. The molecule has 0 amide bonds. The van der Waals surface area contributed by atoms with E-state index < -0.39 is 0 Å². The number of hydrogen-bond donors (Lipinski definition) is 1. The van der Waals surface area contributed by atoms with Gasteiger partial charge in [-0.15, -0.1) is 11.3 Å². The van der Waals surface area contributed by atoms with Crippen LogP contribution in [0.2, 0.25) is 5.02 Å². The van der Waals surface area contributed by atoms with Crippen LogP contribution in [-0.2, 0) is 0 Å². The molecule has 0 spiro atoms. The molecule has 0 saturated carbocycles. The highest BCUT2D eigenvalue weighted by Gasteiger charge is 2.20. The number of benzene rings is 1. The minimum Gasteiger partial charge on any atom is -0.496 e. The van der Waals surface area contributed by atoms with Crippen LogP contribution in [-0.4, -0.2) is 12.9 Å². The summed E-state index contributed by atoms with van der Waals surface area (Å²) in [5.41, 5.74) is 6.56. The van der Waals surface area contributed by atoms with E-state index >= 15 is 0 Å². The van der Waals surface area contributed by atoms with Crippen LogP contribution in [0.3, 0.4) is 0 Å². The Morgan fingerprint density at radius 3 is 2.76 bits per heavy atom. The molecule has 1 aromatic carbocycles. The molecule has 0 unspecified atom stereocenters. The minimum atomic E-state index is -0.208. The van der Waals surface area contributed by atoms with E-state index in [1.54, 1.807) is 29.6 Å². The number of anilines is 1. The molecule has 5 heteroatoms. The van der Waals surface area contributed by atoms with Crippen LogP contribution in [0.5, 0.6) is 5.75 Å². The first-order chi connectivity index (χ1) is 8.15. The third kappa shape index (κ3) is 2.14. The van der Waals surface area contributed by atoms with Crippen molar-refractivity contribution in [2.45, 2.75) is 0 Å². The van der Waals surface area contributed by atoms with E-state index in [1.807, 2.05) is 0 Å². The molecule has 0 atom stereocenters. The zero-order valence-electron chi connectivity index (χ0n) is 9.07. The number of halogens is 1. The van der Waals surface area contributed by atoms with E-state index in [-0.39, 0.29) is 5.78 Å². The molecule has 0 radical (unpaired) electrons. The van der Waals surface area contributed by atoms with Crippen molar-refractivity contribution in [2.24, 2.45) is 0 Å². The second-order valence-corrected chi connectivity index (χ2v) is 4.67. The molecule has 0 aliphatic heterocycles. The zero-order chi connectivity index (χ0) is 12.4. The summed E-state index contributed by atoms with van der Waals surface area (Å²) in [5, 5.41) is 2.20. The van der Waals surface area contributed by atoms with Crippen LogP contribution in [0.1, 0.15) is 15.2 Å². The van der Waals surface area contributed by atoms with Crippen LogP contribution in [0.15, 0.2) is 29.6 Å². The third-order valence-corrected chi connectivity index (χ3v) is 3.67. The maximum atomic E-state index is 12.3. The highest BCUT2D eigenvalue weighted by molar-refractivity contribution is 7.13. The molecule has 2 N–H and O–H groups in total. The van der Waals surface area contributed by atoms with Crippen molar-refractivity contribution in [3.05, 3.63) is 45.1 Å². The van der Waals surface area contributed by atoms with Crippen molar-refractivity contribution >= 4 is 34.4 Å². The van der Waals surface area contributed by atoms with Crippen molar-refractivity contribution in [1.82, 2.24) is 0 Å². The number of hydrogen-bond acceptors (Lipinski definition) is 4. The SMILES string of the molecule is COc1cccc(N)c1C(=O)c1sccc1Cl. The summed E-state index contributed by atoms with van der Waals surface area (Å²) in [7, 11) is 1.50. The molecule has 2 rings (SSSR count). The molecule has 0 bridgehead atoms. The summed E-state index contributed by atoms with van der Waals surface area (Å²) >= 11 is 7.23. The van der Waals surface area contributed by atoms with Gasteiger partial charge in [0, 0.05) is 5.69 Å². The van der Waals surface area contributed by atoms with Gasteiger partial charge < -0.3 is 10.5 Å². The number of nitrogen functional groups attached to an aromatic ring is 1. The lowest BCUT2D eigenvalue weighted by Gasteiger charge is -2.09. The first-order valence-corrected chi connectivity index (χ1v) is 6.11. The lowest BCUT2D eigenvalue weighted by Crippen LogP contribution is -2.06. The minimum absolute atomic E-state index is 0.208. The first kappa shape index (κ1) is 12.0. The largest absolute Gasteiger partial charge is 0.496 e. The Morgan fingerprint density at radius 2 is 2.18 bits per heavy atom. The number of nitrogens with two attached hydrogens (primary N) is 1.